The van der Waals surface area contributed by atoms with Gasteiger partial charge in [0.05, 0.1) is 0 Å². The molecule has 1 heterocycles. The molecule has 0 spiro atoms. The lowest BCUT2D eigenvalue weighted by atomic mass is 10.2. The fourth-order valence-electron chi connectivity index (χ4n) is 1.35. The van der Waals surface area contributed by atoms with Crippen molar-refractivity contribution in [1.82, 2.24) is 9.55 Å². The van der Waals surface area contributed by atoms with Crippen LogP contribution in [-0.4, -0.2) is 15.5 Å². The molecule has 0 saturated heterocycles. The molecule has 1 aromatic carbocycles. The molecule has 4 heteroatoms. The van der Waals surface area contributed by atoms with E-state index < -0.39 is 5.82 Å². The highest BCUT2D eigenvalue weighted by Crippen LogP contribution is 2.07. The molecule has 2 aromatic rings. The largest absolute Gasteiger partial charge is 0.270 e. The van der Waals surface area contributed by atoms with E-state index in [1.54, 1.807) is 19.2 Å². The summed E-state index contributed by atoms with van der Waals surface area (Å²) in [7, 11) is 0. The average Bonchev–Trinajstić information content (AvgIpc) is 2.63. The van der Waals surface area contributed by atoms with Crippen molar-refractivity contribution in [3.63, 3.8) is 0 Å². The predicted molar refractivity (Wildman–Crippen MR) is 53.1 cm³/mol. The maximum Gasteiger partial charge on any atom is 0.263 e. The Morgan fingerprint density at radius 1 is 1.47 bits per heavy atom. The number of hydrogen-bond acceptors (Lipinski definition) is 2. The van der Waals surface area contributed by atoms with E-state index >= 15 is 0 Å². The van der Waals surface area contributed by atoms with Gasteiger partial charge in [-0.05, 0) is 25.1 Å². The van der Waals surface area contributed by atoms with Crippen molar-refractivity contribution < 1.29 is 9.18 Å². The predicted octanol–water partition coefficient (Wildman–Crippen LogP) is 2.02. The zero-order chi connectivity index (χ0) is 10.8. The summed E-state index contributed by atoms with van der Waals surface area (Å²) in [6.45, 7) is 1.72. The summed E-state index contributed by atoms with van der Waals surface area (Å²) in [5.74, 6) is -0.104. The monoisotopic (exact) mass is 204 g/mol. The lowest BCUT2D eigenvalue weighted by Gasteiger charge is -2.03. The quantitative estimate of drug-likeness (QED) is 0.712. The van der Waals surface area contributed by atoms with Crippen LogP contribution in [0.25, 0.3) is 0 Å². The first-order valence-corrected chi connectivity index (χ1v) is 4.49. The smallest absolute Gasteiger partial charge is 0.263 e. The van der Waals surface area contributed by atoms with Gasteiger partial charge in [0.1, 0.15) is 11.6 Å². The molecule has 0 N–H and O–H groups in total. The van der Waals surface area contributed by atoms with E-state index in [0.717, 1.165) is 0 Å². The molecular formula is C11H9FN2O. The Balaban J connectivity index is 2.41. The highest BCUT2D eigenvalue weighted by Gasteiger charge is 2.10. The summed E-state index contributed by atoms with van der Waals surface area (Å²) in [4.78, 5) is 15.8. The molecule has 76 valence electrons. The van der Waals surface area contributed by atoms with Crippen LogP contribution in [0.3, 0.4) is 0 Å². The lowest BCUT2D eigenvalue weighted by Crippen LogP contribution is -2.12. The van der Waals surface area contributed by atoms with Crippen molar-refractivity contribution >= 4 is 5.91 Å². The van der Waals surface area contributed by atoms with Crippen LogP contribution in [0.1, 0.15) is 16.2 Å². The van der Waals surface area contributed by atoms with Crippen LogP contribution in [0.4, 0.5) is 4.39 Å². The summed E-state index contributed by atoms with van der Waals surface area (Å²) in [6, 6.07) is 5.60. The fraction of sp³-hybridized carbons (Fsp3) is 0.0909. The van der Waals surface area contributed by atoms with Crippen molar-refractivity contribution in [2.45, 2.75) is 6.92 Å². The summed E-state index contributed by atoms with van der Waals surface area (Å²) < 4.78 is 14.3. The van der Waals surface area contributed by atoms with Crippen LogP contribution in [0.5, 0.6) is 0 Å². The molecule has 3 nitrogen and oxygen atoms in total. The number of halogens is 1. The topological polar surface area (TPSA) is 34.9 Å². The van der Waals surface area contributed by atoms with Gasteiger partial charge < -0.3 is 0 Å². The van der Waals surface area contributed by atoms with Crippen molar-refractivity contribution in [2.24, 2.45) is 0 Å². The van der Waals surface area contributed by atoms with Gasteiger partial charge in [0.15, 0.2) is 0 Å². The molecule has 0 radical (unpaired) electrons. The number of rotatable bonds is 1. The molecule has 0 bridgehead atoms. The lowest BCUT2D eigenvalue weighted by molar-refractivity contribution is 0.0957. The first-order chi connectivity index (χ1) is 7.18. The average molecular weight is 204 g/mol. The van der Waals surface area contributed by atoms with Gasteiger partial charge in [0.25, 0.3) is 5.91 Å². The standard InChI is InChI=1S/C11H9FN2O/c1-8-13-5-6-14(8)11(15)9-3-2-4-10(12)7-9/h2-7H,1H3. The highest BCUT2D eigenvalue weighted by molar-refractivity contribution is 5.96. The van der Waals surface area contributed by atoms with Gasteiger partial charge in [-0.2, -0.15) is 0 Å². The number of imidazole rings is 1. The van der Waals surface area contributed by atoms with Gasteiger partial charge in [0, 0.05) is 18.0 Å². The molecular weight excluding hydrogens is 195 g/mol. The Kier molecular flexibility index (Phi) is 2.33. The number of benzene rings is 1. The van der Waals surface area contributed by atoms with Crippen molar-refractivity contribution in [2.75, 3.05) is 0 Å². The zero-order valence-electron chi connectivity index (χ0n) is 8.14. The molecule has 0 amide bonds. The Labute approximate surface area is 86.2 Å². The molecule has 15 heavy (non-hydrogen) atoms. The van der Waals surface area contributed by atoms with Gasteiger partial charge in [-0.15, -0.1) is 0 Å². The van der Waals surface area contributed by atoms with Gasteiger partial charge in [-0.1, -0.05) is 6.07 Å². The van der Waals surface area contributed by atoms with E-state index in [1.807, 2.05) is 0 Å². The maximum absolute atomic E-state index is 12.9. The van der Waals surface area contributed by atoms with Gasteiger partial charge in [-0.3, -0.25) is 9.36 Å². The van der Waals surface area contributed by atoms with Gasteiger partial charge >= 0.3 is 0 Å². The molecule has 0 aliphatic carbocycles. The van der Waals surface area contributed by atoms with E-state index in [1.165, 1.54) is 29.0 Å². The first-order valence-electron chi connectivity index (χ1n) is 4.49. The SMILES string of the molecule is Cc1nccn1C(=O)c1cccc(F)c1. The third-order valence-electron chi connectivity index (χ3n) is 2.12. The first kappa shape index (κ1) is 9.58. The third-order valence-corrected chi connectivity index (χ3v) is 2.12. The molecule has 0 atom stereocenters. The van der Waals surface area contributed by atoms with Crippen LogP contribution in [0.15, 0.2) is 36.7 Å². The summed E-state index contributed by atoms with van der Waals surface area (Å²) in [5, 5.41) is 0. The van der Waals surface area contributed by atoms with E-state index in [2.05, 4.69) is 4.98 Å². The van der Waals surface area contributed by atoms with Crippen molar-refractivity contribution in [1.29, 1.82) is 0 Å². The molecule has 0 saturated carbocycles. The number of hydrogen-bond donors (Lipinski definition) is 0. The van der Waals surface area contributed by atoms with Gasteiger partial charge in [0.2, 0.25) is 0 Å². The Bertz CT molecular complexity index is 505. The minimum absolute atomic E-state index is 0.274. The van der Waals surface area contributed by atoms with Crippen LogP contribution in [0, 0.1) is 12.7 Å². The second-order valence-corrected chi connectivity index (χ2v) is 3.16. The Morgan fingerprint density at radius 2 is 2.27 bits per heavy atom. The van der Waals surface area contributed by atoms with E-state index in [-0.39, 0.29) is 5.91 Å². The molecule has 2 rings (SSSR count). The number of aromatic nitrogens is 2. The van der Waals surface area contributed by atoms with Gasteiger partial charge in [-0.25, -0.2) is 9.37 Å². The fourth-order valence-corrected chi connectivity index (χ4v) is 1.35. The van der Waals surface area contributed by atoms with Crippen LogP contribution in [-0.2, 0) is 0 Å². The minimum atomic E-state index is -0.418. The molecule has 0 unspecified atom stereocenters. The molecule has 0 aliphatic rings. The second-order valence-electron chi connectivity index (χ2n) is 3.16. The number of carbonyl (C=O) groups excluding carboxylic acids is 1. The summed E-state index contributed by atoms with van der Waals surface area (Å²) in [6.07, 6.45) is 3.09. The minimum Gasteiger partial charge on any atom is -0.270 e. The molecule has 0 fully saturated rings. The van der Waals surface area contributed by atoms with Crippen molar-refractivity contribution in [3.05, 3.63) is 53.9 Å². The number of aryl methyl sites for hydroxylation is 1. The number of nitrogens with zero attached hydrogens (tertiary/aromatic N) is 2. The summed E-state index contributed by atoms with van der Waals surface area (Å²) >= 11 is 0. The molecule has 1 aromatic heterocycles. The van der Waals surface area contributed by atoms with E-state index in [9.17, 15) is 9.18 Å². The van der Waals surface area contributed by atoms with Crippen LogP contribution >= 0.6 is 0 Å². The van der Waals surface area contributed by atoms with E-state index in [4.69, 9.17) is 0 Å². The third kappa shape index (κ3) is 1.79. The summed E-state index contributed by atoms with van der Waals surface area (Å²) in [5.41, 5.74) is 0.316. The highest BCUT2D eigenvalue weighted by atomic mass is 19.1. The van der Waals surface area contributed by atoms with Crippen LogP contribution in [0.2, 0.25) is 0 Å². The Hall–Kier alpha value is -1.97. The molecule has 0 aliphatic heterocycles. The Morgan fingerprint density at radius 3 is 2.87 bits per heavy atom. The normalized spacial score (nSPS) is 10.3. The van der Waals surface area contributed by atoms with Crippen molar-refractivity contribution in [3.8, 4) is 0 Å². The number of carbonyl (C=O) groups is 1. The zero-order valence-corrected chi connectivity index (χ0v) is 8.14. The second kappa shape index (κ2) is 3.65. The van der Waals surface area contributed by atoms with E-state index in [0.29, 0.717) is 11.4 Å². The van der Waals surface area contributed by atoms with Crippen LogP contribution < -0.4 is 0 Å². The maximum atomic E-state index is 12.9.